The fraction of sp³-hybridized carbons (Fsp3) is 0.348. The Morgan fingerprint density at radius 1 is 1.17 bits per heavy atom. The van der Waals surface area contributed by atoms with Crippen molar-refractivity contribution >= 4 is 28.5 Å². The molecule has 2 aliphatic rings. The van der Waals surface area contributed by atoms with Crippen LogP contribution in [0.4, 0.5) is 21.5 Å². The molecule has 0 aliphatic carbocycles. The van der Waals surface area contributed by atoms with Crippen LogP contribution < -0.4 is 10.2 Å². The lowest BCUT2D eigenvalue weighted by molar-refractivity contribution is -0.112. The Bertz CT molecular complexity index is 922. The van der Waals surface area contributed by atoms with Crippen molar-refractivity contribution < 1.29 is 13.9 Å². The van der Waals surface area contributed by atoms with Crippen LogP contribution in [0.5, 0.6) is 0 Å². The van der Waals surface area contributed by atoms with Gasteiger partial charge in [-0.3, -0.25) is 9.69 Å². The molecule has 1 N–H and O–H groups in total. The zero-order chi connectivity index (χ0) is 20.4. The van der Waals surface area contributed by atoms with E-state index in [9.17, 15) is 9.18 Å². The maximum atomic E-state index is 14.3. The number of benzene rings is 2. The number of nitrogens with one attached hydrogen (secondary N) is 1. The predicted molar refractivity (Wildman–Crippen MR) is 114 cm³/mol. The SMILES string of the molecule is C=C1C(=O)N(c2ccccc2F)c2ccc(NC3CCN(CCOC)CC3)cc21. The van der Waals surface area contributed by atoms with Gasteiger partial charge < -0.3 is 15.0 Å². The van der Waals surface area contributed by atoms with Crippen molar-refractivity contribution in [3.8, 4) is 0 Å². The number of ether oxygens (including phenoxy) is 1. The zero-order valence-electron chi connectivity index (χ0n) is 16.7. The van der Waals surface area contributed by atoms with Crippen molar-refractivity contribution in [1.82, 2.24) is 4.90 Å². The Morgan fingerprint density at radius 2 is 1.93 bits per heavy atom. The molecule has 2 aromatic carbocycles. The van der Waals surface area contributed by atoms with E-state index >= 15 is 0 Å². The Morgan fingerprint density at radius 3 is 2.66 bits per heavy atom. The van der Waals surface area contributed by atoms with Gasteiger partial charge >= 0.3 is 0 Å². The van der Waals surface area contributed by atoms with E-state index < -0.39 is 5.82 Å². The summed E-state index contributed by atoms with van der Waals surface area (Å²) in [5.74, 6) is -0.711. The number of methoxy groups -OCH3 is 1. The lowest BCUT2D eigenvalue weighted by Gasteiger charge is -2.32. The summed E-state index contributed by atoms with van der Waals surface area (Å²) >= 11 is 0. The second kappa shape index (κ2) is 8.35. The molecule has 1 amide bonds. The highest BCUT2D eigenvalue weighted by Gasteiger charge is 2.34. The molecule has 0 spiro atoms. The Labute approximate surface area is 170 Å². The fourth-order valence-corrected chi connectivity index (χ4v) is 4.05. The van der Waals surface area contributed by atoms with Crippen molar-refractivity contribution in [2.24, 2.45) is 0 Å². The summed E-state index contributed by atoms with van der Waals surface area (Å²) in [6.07, 6.45) is 2.12. The van der Waals surface area contributed by atoms with E-state index in [1.165, 1.54) is 11.0 Å². The summed E-state index contributed by atoms with van der Waals surface area (Å²) in [5, 5.41) is 3.59. The molecule has 0 saturated carbocycles. The summed E-state index contributed by atoms with van der Waals surface area (Å²) in [6.45, 7) is 7.76. The summed E-state index contributed by atoms with van der Waals surface area (Å²) in [6, 6.07) is 12.5. The van der Waals surface area contributed by atoms with Crippen molar-refractivity contribution in [3.63, 3.8) is 0 Å². The van der Waals surface area contributed by atoms with E-state index in [-0.39, 0.29) is 11.6 Å². The summed E-state index contributed by atoms with van der Waals surface area (Å²) in [5.41, 5.74) is 3.03. The van der Waals surface area contributed by atoms with E-state index in [0.29, 0.717) is 17.3 Å². The number of amides is 1. The van der Waals surface area contributed by atoms with Crippen molar-refractivity contribution in [2.75, 3.05) is 43.6 Å². The van der Waals surface area contributed by atoms with Gasteiger partial charge in [0.1, 0.15) is 5.82 Å². The highest BCUT2D eigenvalue weighted by molar-refractivity contribution is 6.34. The third-order valence-electron chi connectivity index (χ3n) is 5.69. The number of nitrogens with zero attached hydrogens (tertiary/aromatic N) is 2. The molecule has 5 nitrogen and oxygen atoms in total. The first-order valence-corrected chi connectivity index (χ1v) is 9.98. The third-order valence-corrected chi connectivity index (χ3v) is 5.69. The van der Waals surface area contributed by atoms with Gasteiger partial charge in [0.15, 0.2) is 0 Å². The number of para-hydroxylation sites is 1. The molecule has 152 valence electrons. The van der Waals surface area contributed by atoms with Crippen molar-refractivity contribution in [3.05, 3.63) is 60.4 Å². The molecule has 6 heteroatoms. The number of piperidine rings is 1. The zero-order valence-corrected chi connectivity index (χ0v) is 16.7. The van der Waals surface area contributed by atoms with E-state index in [0.717, 1.165) is 50.3 Å². The van der Waals surface area contributed by atoms with Gasteiger partial charge in [-0.1, -0.05) is 18.7 Å². The van der Waals surface area contributed by atoms with E-state index in [1.54, 1.807) is 25.3 Å². The molecular formula is C23H26FN3O2. The number of hydrogen-bond donors (Lipinski definition) is 1. The molecule has 29 heavy (non-hydrogen) atoms. The molecule has 2 heterocycles. The van der Waals surface area contributed by atoms with E-state index in [2.05, 4.69) is 16.8 Å². The lowest BCUT2D eigenvalue weighted by atomic mass is 10.0. The minimum absolute atomic E-state index is 0.251. The second-order valence-corrected chi connectivity index (χ2v) is 7.56. The normalized spacial score (nSPS) is 17.7. The van der Waals surface area contributed by atoms with Crippen LogP contribution in [0.25, 0.3) is 5.57 Å². The average molecular weight is 395 g/mol. The summed E-state index contributed by atoms with van der Waals surface area (Å²) < 4.78 is 19.4. The molecule has 4 rings (SSSR count). The highest BCUT2D eigenvalue weighted by Crippen LogP contribution is 2.42. The van der Waals surface area contributed by atoms with Gasteiger partial charge in [0, 0.05) is 49.6 Å². The molecule has 2 aromatic rings. The van der Waals surface area contributed by atoms with Crippen LogP contribution in [0.1, 0.15) is 18.4 Å². The number of anilines is 3. The predicted octanol–water partition coefficient (Wildman–Crippen LogP) is 4.04. The molecule has 1 fully saturated rings. The van der Waals surface area contributed by atoms with Gasteiger partial charge in [-0.05, 0) is 43.2 Å². The molecule has 2 aliphatic heterocycles. The number of rotatable bonds is 6. The van der Waals surface area contributed by atoms with Gasteiger partial charge in [-0.25, -0.2) is 4.39 Å². The van der Waals surface area contributed by atoms with Gasteiger partial charge in [0.25, 0.3) is 5.91 Å². The van der Waals surface area contributed by atoms with Crippen LogP contribution in [0.2, 0.25) is 0 Å². The Hall–Kier alpha value is -2.70. The largest absolute Gasteiger partial charge is 0.383 e. The maximum Gasteiger partial charge on any atom is 0.263 e. The molecule has 0 atom stereocenters. The molecule has 0 bridgehead atoms. The average Bonchev–Trinajstić information content (AvgIpc) is 2.98. The first-order chi connectivity index (χ1) is 14.1. The van der Waals surface area contributed by atoms with Crippen LogP contribution in [0, 0.1) is 5.82 Å². The maximum absolute atomic E-state index is 14.3. The number of likely N-dealkylation sites (tertiary alicyclic amines) is 1. The van der Waals surface area contributed by atoms with Gasteiger partial charge in [0.2, 0.25) is 0 Å². The van der Waals surface area contributed by atoms with Gasteiger partial charge in [0.05, 0.1) is 18.0 Å². The Kier molecular flexibility index (Phi) is 5.65. The first kappa shape index (κ1) is 19.6. The molecule has 1 saturated heterocycles. The standard InChI is InChI=1S/C23H26FN3O2/c1-16-19-15-18(25-17-9-11-26(12-10-17)13-14-29-2)7-8-21(19)27(23(16)28)22-6-4-3-5-20(22)24/h3-8,15,17,25H,1,9-14H2,2H3. The number of carbonyl (C=O) groups excluding carboxylic acids is 1. The van der Waals surface area contributed by atoms with Crippen LogP contribution >= 0.6 is 0 Å². The molecule has 0 aromatic heterocycles. The topological polar surface area (TPSA) is 44.8 Å². The van der Waals surface area contributed by atoms with Crippen LogP contribution in [-0.4, -0.2) is 50.2 Å². The second-order valence-electron chi connectivity index (χ2n) is 7.56. The molecular weight excluding hydrogens is 369 g/mol. The highest BCUT2D eigenvalue weighted by atomic mass is 19.1. The van der Waals surface area contributed by atoms with Crippen LogP contribution in [-0.2, 0) is 9.53 Å². The minimum atomic E-state index is -0.427. The fourth-order valence-electron chi connectivity index (χ4n) is 4.05. The number of hydrogen-bond acceptors (Lipinski definition) is 4. The minimum Gasteiger partial charge on any atom is -0.383 e. The first-order valence-electron chi connectivity index (χ1n) is 9.98. The van der Waals surface area contributed by atoms with Crippen molar-refractivity contribution in [1.29, 1.82) is 0 Å². The van der Waals surface area contributed by atoms with Crippen molar-refractivity contribution in [2.45, 2.75) is 18.9 Å². The number of halogens is 1. The summed E-state index contributed by atoms with van der Waals surface area (Å²) in [4.78, 5) is 16.6. The van der Waals surface area contributed by atoms with Crippen LogP contribution in [0.15, 0.2) is 49.0 Å². The number of fused-ring (bicyclic) bond motifs is 1. The quantitative estimate of drug-likeness (QED) is 0.750. The van der Waals surface area contributed by atoms with E-state index in [4.69, 9.17) is 4.74 Å². The molecule has 0 unspecified atom stereocenters. The number of carbonyl (C=O) groups is 1. The lowest BCUT2D eigenvalue weighted by Crippen LogP contribution is -2.40. The van der Waals surface area contributed by atoms with Gasteiger partial charge in [-0.15, -0.1) is 0 Å². The Balaban J connectivity index is 1.49. The summed E-state index contributed by atoms with van der Waals surface area (Å²) in [7, 11) is 1.73. The van der Waals surface area contributed by atoms with Gasteiger partial charge in [-0.2, -0.15) is 0 Å². The van der Waals surface area contributed by atoms with E-state index in [1.807, 2.05) is 18.2 Å². The molecule has 0 radical (unpaired) electrons. The van der Waals surface area contributed by atoms with Crippen LogP contribution in [0.3, 0.4) is 0 Å². The third kappa shape index (κ3) is 3.91. The monoisotopic (exact) mass is 395 g/mol. The smallest absolute Gasteiger partial charge is 0.263 e.